The molecule has 0 fully saturated rings. The molecule has 0 saturated heterocycles. The van der Waals surface area contributed by atoms with Crippen molar-refractivity contribution in [2.75, 3.05) is 24.6 Å². The van der Waals surface area contributed by atoms with Gasteiger partial charge in [0.05, 0.1) is 0 Å². The van der Waals surface area contributed by atoms with Crippen LogP contribution in [0.15, 0.2) is 4.90 Å². The first kappa shape index (κ1) is 45.2. The van der Waals surface area contributed by atoms with Gasteiger partial charge < -0.3 is 0 Å². The van der Waals surface area contributed by atoms with Crippen LogP contribution in [0.25, 0.3) is 0 Å². The molecule has 0 saturated carbocycles. The summed E-state index contributed by atoms with van der Waals surface area (Å²) in [5.41, 5.74) is 0. The van der Waals surface area contributed by atoms with E-state index < -0.39 is 50.9 Å². The van der Waals surface area contributed by atoms with Crippen LogP contribution in [0.5, 0.6) is 0 Å². The van der Waals surface area contributed by atoms with Gasteiger partial charge in [0.15, 0.2) is 0 Å². The predicted octanol–water partition coefficient (Wildman–Crippen LogP) is 14.0. The molecule has 0 N–H and O–H groups in total. The van der Waals surface area contributed by atoms with Crippen molar-refractivity contribution in [2.45, 2.75) is 187 Å². The van der Waals surface area contributed by atoms with Gasteiger partial charge in [-0.25, -0.2) is 0 Å². The zero-order chi connectivity index (χ0) is 35.9. The molecule has 1 aromatic rings. The summed E-state index contributed by atoms with van der Waals surface area (Å²) in [6.45, 7) is 4.77. The molecule has 0 spiro atoms. The van der Waals surface area contributed by atoms with Crippen molar-refractivity contribution in [1.29, 1.82) is 0 Å². The van der Waals surface area contributed by atoms with Crippen LogP contribution < -0.4 is 0 Å². The molecule has 0 amide bonds. The van der Waals surface area contributed by atoms with Crippen molar-refractivity contribution in [3.63, 3.8) is 0 Å². The first-order chi connectivity index (χ1) is 22.9. The maximum atomic E-state index is 15.1. The van der Waals surface area contributed by atoms with E-state index in [4.69, 9.17) is 3.97 Å². The molecular formula is C38H68F5O3PS. The molecule has 0 aromatic heterocycles. The third-order valence-electron chi connectivity index (χ3n) is 10.0. The fourth-order valence-electron chi connectivity index (χ4n) is 7.11. The number of benzene rings is 1. The van der Waals surface area contributed by atoms with Gasteiger partial charge in [0.25, 0.3) is 0 Å². The van der Waals surface area contributed by atoms with Crippen molar-refractivity contribution in [1.82, 2.24) is 0 Å². The second-order valence-electron chi connectivity index (χ2n) is 14.3. The Hall–Kier alpha value is -0.790. The maximum absolute atomic E-state index is 15.1. The van der Waals surface area contributed by atoms with Gasteiger partial charge in [0.1, 0.15) is 0 Å². The Labute approximate surface area is 291 Å². The van der Waals surface area contributed by atoms with Crippen molar-refractivity contribution in [3.05, 3.63) is 29.1 Å². The second-order valence-corrected chi connectivity index (χ2v) is 21.7. The number of halogens is 5. The third kappa shape index (κ3) is 15.2. The summed E-state index contributed by atoms with van der Waals surface area (Å²) in [4.78, 5) is -1.84. The van der Waals surface area contributed by atoms with E-state index in [1.165, 1.54) is 0 Å². The Morgan fingerprint density at radius 1 is 0.396 bits per heavy atom. The van der Waals surface area contributed by atoms with Crippen LogP contribution in [0.3, 0.4) is 0 Å². The van der Waals surface area contributed by atoms with E-state index in [0.717, 1.165) is 154 Å². The second kappa shape index (κ2) is 24.4. The van der Waals surface area contributed by atoms with E-state index >= 15 is 8.78 Å². The number of unbranched alkanes of at least 4 members (excludes halogenated alkanes) is 20. The van der Waals surface area contributed by atoms with Gasteiger partial charge in [-0.1, -0.05) is 0 Å². The molecule has 0 atom stereocenters. The first-order valence-corrected chi connectivity index (χ1v) is 23.7. The molecule has 0 bridgehead atoms. The third-order valence-corrected chi connectivity index (χ3v) is 19.2. The number of hydrogen-bond donors (Lipinski definition) is 0. The SMILES string of the molecule is CCCCCCCCP(CCCCCCCC)(CCCCCCCC)(CCCCCCCC)OS(=O)(=O)c1c(F)c(F)c(F)c(F)c1F. The fraction of sp³-hybridized carbons (Fsp3) is 0.842. The molecule has 0 aliphatic heterocycles. The van der Waals surface area contributed by atoms with Gasteiger partial charge in [-0.05, 0) is 0 Å². The summed E-state index contributed by atoms with van der Waals surface area (Å²) in [5.74, 6) is -11.6. The molecule has 1 rings (SSSR count). The van der Waals surface area contributed by atoms with Crippen molar-refractivity contribution < 1.29 is 34.3 Å². The van der Waals surface area contributed by atoms with E-state index in [2.05, 4.69) is 27.7 Å². The van der Waals surface area contributed by atoms with Crippen LogP contribution in [0.2, 0.25) is 0 Å². The van der Waals surface area contributed by atoms with Gasteiger partial charge in [-0.3, -0.25) is 0 Å². The van der Waals surface area contributed by atoms with Gasteiger partial charge >= 0.3 is 292 Å². The van der Waals surface area contributed by atoms with Crippen LogP contribution in [-0.4, -0.2) is 33.1 Å². The summed E-state index contributed by atoms with van der Waals surface area (Å²) in [5, 5.41) is 0. The Morgan fingerprint density at radius 2 is 0.625 bits per heavy atom. The van der Waals surface area contributed by atoms with Crippen LogP contribution >= 0.6 is 6.83 Å². The average molecular weight is 731 g/mol. The zero-order valence-electron chi connectivity index (χ0n) is 30.8. The van der Waals surface area contributed by atoms with Crippen LogP contribution in [-0.2, 0) is 14.1 Å². The van der Waals surface area contributed by atoms with Crippen LogP contribution in [0.4, 0.5) is 22.0 Å². The van der Waals surface area contributed by atoms with Crippen molar-refractivity contribution in [3.8, 4) is 0 Å². The summed E-state index contributed by atoms with van der Waals surface area (Å²) in [6.07, 6.45) is 25.5. The molecule has 3 nitrogen and oxygen atoms in total. The molecule has 48 heavy (non-hydrogen) atoms. The molecule has 1 aromatic carbocycles. The van der Waals surface area contributed by atoms with Gasteiger partial charge in [0, 0.05) is 0 Å². The summed E-state index contributed by atoms with van der Waals surface area (Å²) >= 11 is 0. The molecule has 284 valence electrons. The van der Waals surface area contributed by atoms with E-state index in [1.54, 1.807) is 0 Å². The quantitative estimate of drug-likeness (QED) is 0.0251. The van der Waals surface area contributed by atoms with Crippen molar-refractivity contribution in [2.24, 2.45) is 0 Å². The standard InChI is InChI=1S/C38H68F5O3PS/c1-5-9-13-17-21-25-29-47(30-26-22-18-14-10-6-2,31-27-23-19-15-11-7-3,32-28-24-20-16-12-8-4)46-48(44,45)38-36(42)34(40)33(39)35(41)37(38)43/h5-32H2,1-4H3. The molecule has 0 aliphatic rings. The predicted molar refractivity (Wildman–Crippen MR) is 194 cm³/mol. The average Bonchev–Trinajstić information content (AvgIpc) is 3.05. The van der Waals surface area contributed by atoms with E-state index in [-0.39, 0.29) is 0 Å². The Balaban J connectivity index is 3.72. The normalized spacial score (nSPS) is 13.2. The van der Waals surface area contributed by atoms with E-state index in [9.17, 15) is 21.6 Å². The van der Waals surface area contributed by atoms with E-state index in [1.807, 2.05) is 0 Å². The monoisotopic (exact) mass is 730 g/mol. The molecule has 0 radical (unpaired) electrons. The fourth-order valence-corrected chi connectivity index (χ4v) is 16.9. The van der Waals surface area contributed by atoms with Gasteiger partial charge in [-0.15, -0.1) is 0 Å². The Morgan fingerprint density at radius 3 is 0.896 bits per heavy atom. The Bertz CT molecular complexity index is 1030. The van der Waals surface area contributed by atoms with Crippen LogP contribution in [0, 0.1) is 29.1 Å². The number of hydrogen-bond acceptors (Lipinski definition) is 3. The molecular weight excluding hydrogens is 662 g/mol. The van der Waals surface area contributed by atoms with Crippen molar-refractivity contribution >= 4 is 16.9 Å². The van der Waals surface area contributed by atoms with Crippen LogP contribution in [0.1, 0.15) is 182 Å². The minimum absolute atomic E-state index is 0.491. The molecule has 0 aliphatic carbocycles. The molecule has 0 heterocycles. The molecule has 10 heteroatoms. The van der Waals surface area contributed by atoms with Gasteiger partial charge in [0.2, 0.25) is 0 Å². The summed E-state index contributed by atoms with van der Waals surface area (Å²) in [7, 11) is -5.34. The minimum atomic E-state index is -5.34. The summed E-state index contributed by atoms with van der Waals surface area (Å²) < 4.78 is 108. The molecule has 0 unspecified atom stereocenters. The number of rotatable bonds is 31. The van der Waals surface area contributed by atoms with E-state index in [0.29, 0.717) is 24.6 Å². The topological polar surface area (TPSA) is 43.4 Å². The Kier molecular flexibility index (Phi) is 23.0. The zero-order valence-corrected chi connectivity index (χ0v) is 32.5. The summed E-state index contributed by atoms with van der Waals surface area (Å²) in [6, 6.07) is 0. The van der Waals surface area contributed by atoms with Gasteiger partial charge in [-0.2, -0.15) is 0 Å². The first-order valence-electron chi connectivity index (χ1n) is 19.4.